The number of rotatable bonds is 3. The molecule has 0 radical (unpaired) electrons. The zero-order valence-electron chi connectivity index (χ0n) is 10.2. The molecule has 0 aliphatic rings. The van der Waals surface area contributed by atoms with E-state index in [0.29, 0.717) is 0 Å². The summed E-state index contributed by atoms with van der Waals surface area (Å²) >= 11 is 0. The molecule has 0 saturated heterocycles. The average molecular weight is 172 g/mol. The molecular formula is C12H28. The van der Waals surface area contributed by atoms with Crippen molar-refractivity contribution in [3.05, 3.63) is 11.6 Å². The number of hydrogen-bond donors (Lipinski definition) is 0. The highest BCUT2D eigenvalue weighted by atomic mass is 13.9. The van der Waals surface area contributed by atoms with E-state index in [1.54, 1.807) is 5.57 Å². The zero-order chi connectivity index (χ0) is 10.4. The molecule has 0 N–H and O–H groups in total. The van der Waals surface area contributed by atoms with Gasteiger partial charge in [-0.1, -0.05) is 60.1 Å². The normalized spacial score (nSPS) is 6.92. The maximum Gasteiger partial charge on any atom is -0.0349 e. The lowest BCUT2D eigenvalue weighted by atomic mass is 10.1. The highest BCUT2D eigenvalue weighted by molar-refractivity contribution is 4.99. The molecule has 0 heteroatoms. The van der Waals surface area contributed by atoms with Crippen molar-refractivity contribution >= 4 is 0 Å². The minimum Gasteiger partial charge on any atom is -0.0856 e. The fourth-order valence-electron chi connectivity index (χ4n) is 0.827. The molecule has 0 atom stereocenters. The van der Waals surface area contributed by atoms with E-state index in [9.17, 15) is 0 Å². The first-order valence-corrected chi connectivity index (χ1v) is 5.53. The minimum atomic E-state index is 1.19. The maximum atomic E-state index is 2.32. The lowest BCUT2D eigenvalue weighted by Gasteiger charge is -1.95. The summed E-state index contributed by atoms with van der Waals surface area (Å²) in [7, 11) is 0. The van der Waals surface area contributed by atoms with Gasteiger partial charge in [0.25, 0.3) is 0 Å². The van der Waals surface area contributed by atoms with Gasteiger partial charge >= 0.3 is 0 Å². The second-order valence-electron chi connectivity index (χ2n) is 1.98. The van der Waals surface area contributed by atoms with E-state index in [2.05, 4.69) is 26.8 Å². The highest BCUT2D eigenvalue weighted by Gasteiger charge is 1.84. The second kappa shape index (κ2) is 22.4. The van der Waals surface area contributed by atoms with E-state index in [0.717, 1.165) is 0 Å². The summed E-state index contributed by atoms with van der Waals surface area (Å²) in [5.74, 6) is 0. The van der Waals surface area contributed by atoms with Crippen molar-refractivity contribution in [1.82, 2.24) is 0 Å². The molecule has 0 spiro atoms. The van der Waals surface area contributed by atoms with Gasteiger partial charge in [-0.05, 0) is 19.3 Å². The standard InChI is InChI=1S/C8H16.2C2H6/c1-4-7-8(5-2)6-3;2*1-2/h7H,4-6H2,1-3H3;2*1-2H3. The molecule has 12 heavy (non-hydrogen) atoms. The largest absolute Gasteiger partial charge is 0.0856 e. The topological polar surface area (TPSA) is 0 Å². The summed E-state index contributed by atoms with van der Waals surface area (Å²) in [6.45, 7) is 14.6. The second-order valence-corrected chi connectivity index (χ2v) is 1.98. The molecule has 0 fully saturated rings. The van der Waals surface area contributed by atoms with Crippen LogP contribution in [0, 0.1) is 0 Å². The Bertz CT molecular complexity index is 64.1. The molecule has 0 saturated carbocycles. The molecule has 0 aromatic rings. The molecule has 0 aliphatic carbocycles. The Hall–Kier alpha value is -0.260. The van der Waals surface area contributed by atoms with Gasteiger partial charge in [0, 0.05) is 0 Å². The van der Waals surface area contributed by atoms with Gasteiger partial charge in [0.1, 0.15) is 0 Å². The van der Waals surface area contributed by atoms with Gasteiger partial charge < -0.3 is 0 Å². The van der Waals surface area contributed by atoms with Gasteiger partial charge in [-0.3, -0.25) is 0 Å². The summed E-state index contributed by atoms with van der Waals surface area (Å²) in [5.41, 5.74) is 1.59. The third kappa shape index (κ3) is 16.4. The predicted molar refractivity (Wildman–Crippen MR) is 61.7 cm³/mol. The lowest BCUT2D eigenvalue weighted by molar-refractivity contribution is 0.955. The molecule has 0 nitrogen and oxygen atoms in total. The van der Waals surface area contributed by atoms with Gasteiger partial charge in [-0.15, -0.1) is 0 Å². The van der Waals surface area contributed by atoms with Crippen LogP contribution in [0.3, 0.4) is 0 Å². The Morgan fingerprint density at radius 3 is 1.25 bits per heavy atom. The van der Waals surface area contributed by atoms with Gasteiger partial charge in [0.2, 0.25) is 0 Å². The van der Waals surface area contributed by atoms with Crippen molar-refractivity contribution in [2.24, 2.45) is 0 Å². The first kappa shape index (κ1) is 17.7. The molecule has 0 bridgehead atoms. The third-order valence-corrected chi connectivity index (χ3v) is 1.40. The third-order valence-electron chi connectivity index (χ3n) is 1.40. The monoisotopic (exact) mass is 172 g/mol. The van der Waals surface area contributed by atoms with Crippen LogP contribution in [0.2, 0.25) is 0 Å². The Balaban J connectivity index is -0.000000175. The van der Waals surface area contributed by atoms with Crippen LogP contribution in [0.5, 0.6) is 0 Å². The van der Waals surface area contributed by atoms with Gasteiger partial charge in [-0.25, -0.2) is 0 Å². The molecule has 0 aromatic carbocycles. The Morgan fingerprint density at radius 1 is 0.833 bits per heavy atom. The quantitative estimate of drug-likeness (QED) is 0.514. The number of allylic oxidation sites excluding steroid dienone is 2. The van der Waals surface area contributed by atoms with Crippen LogP contribution in [0.1, 0.15) is 67.7 Å². The van der Waals surface area contributed by atoms with Gasteiger partial charge in [0.15, 0.2) is 0 Å². The summed E-state index contributed by atoms with van der Waals surface area (Å²) in [6.07, 6.45) is 5.96. The number of hydrogen-bond acceptors (Lipinski definition) is 0. The van der Waals surface area contributed by atoms with Crippen molar-refractivity contribution in [3.8, 4) is 0 Å². The predicted octanol–water partition coefficient (Wildman–Crippen LogP) is 5.20. The first-order chi connectivity index (χ1) is 5.85. The minimum absolute atomic E-state index is 1.19. The van der Waals surface area contributed by atoms with Crippen molar-refractivity contribution in [2.45, 2.75) is 67.7 Å². The summed E-state index contributed by atoms with van der Waals surface area (Å²) in [6, 6.07) is 0. The van der Waals surface area contributed by atoms with Crippen LogP contribution in [-0.2, 0) is 0 Å². The molecule has 0 aromatic heterocycles. The summed E-state index contributed by atoms with van der Waals surface area (Å²) in [5, 5.41) is 0. The van der Waals surface area contributed by atoms with Crippen LogP contribution < -0.4 is 0 Å². The van der Waals surface area contributed by atoms with Crippen LogP contribution in [0.4, 0.5) is 0 Å². The Kier molecular flexibility index (Phi) is 33.1. The van der Waals surface area contributed by atoms with E-state index >= 15 is 0 Å². The van der Waals surface area contributed by atoms with E-state index < -0.39 is 0 Å². The van der Waals surface area contributed by atoms with Crippen molar-refractivity contribution < 1.29 is 0 Å². The highest BCUT2D eigenvalue weighted by Crippen LogP contribution is 2.05. The molecule has 76 valence electrons. The van der Waals surface area contributed by atoms with Gasteiger partial charge in [0.05, 0.1) is 0 Å². The molecule has 0 rings (SSSR count). The van der Waals surface area contributed by atoms with E-state index in [1.165, 1.54) is 19.3 Å². The first-order valence-electron chi connectivity index (χ1n) is 5.53. The Morgan fingerprint density at radius 2 is 1.17 bits per heavy atom. The fourth-order valence-corrected chi connectivity index (χ4v) is 0.827. The summed E-state index contributed by atoms with van der Waals surface area (Å²) < 4.78 is 0. The SMILES string of the molecule is CC.CC.CCC=C(CC)CC. The van der Waals surface area contributed by atoms with Crippen LogP contribution in [0.25, 0.3) is 0 Å². The average Bonchev–Trinajstić information content (AvgIpc) is 2.20. The molecule has 0 heterocycles. The zero-order valence-corrected chi connectivity index (χ0v) is 10.2. The van der Waals surface area contributed by atoms with Crippen molar-refractivity contribution in [2.75, 3.05) is 0 Å². The maximum absolute atomic E-state index is 2.32. The van der Waals surface area contributed by atoms with Crippen LogP contribution in [0.15, 0.2) is 11.6 Å². The van der Waals surface area contributed by atoms with Crippen LogP contribution in [-0.4, -0.2) is 0 Å². The molecule has 0 amide bonds. The summed E-state index contributed by atoms with van der Waals surface area (Å²) in [4.78, 5) is 0. The molecular weight excluding hydrogens is 144 g/mol. The van der Waals surface area contributed by atoms with Crippen molar-refractivity contribution in [1.29, 1.82) is 0 Å². The van der Waals surface area contributed by atoms with E-state index in [-0.39, 0.29) is 0 Å². The Labute approximate surface area is 80.1 Å². The fraction of sp³-hybridized carbons (Fsp3) is 0.833. The molecule has 0 unspecified atom stereocenters. The van der Waals surface area contributed by atoms with Crippen LogP contribution >= 0.6 is 0 Å². The lowest BCUT2D eigenvalue weighted by Crippen LogP contribution is -1.74. The van der Waals surface area contributed by atoms with Crippen molar-refractivity contribution in [3.63, 3.8) is 0 Å². The van der Waals surface area contributed by atoms with E-state index in [4.69, 9.17) is 0 Å². The van der Waals surface area contributed by atoms with E-state index in [1.807, 2.05) is 27.7 Å². The van der Waals surface area contributed by atoms with Gasteiger partial charge in [-0.2, -0.15) is 0 Å². The molecule has 0 aliphatic heterocycles. The smallest absolute Gasteiger partial charge is 0.0349 e.